The van der Waals surface area contributed by atoms with E-state index < -0.39 is 0 Å². The van der Waals surface area contributed by atoms with E-state index in [9.17, 15) is 0 Å². The van der Waals surface area contributed by atoms with Crippen molar-refractivity contribution in [2.24, 2.45) is 7.05 Å². The molecule has 0 atom stereocenters. The molecule has 1 aliphatic heterocycles. The van der Waals surface area contributed by atoms with Gasteiger partial charge in [0, 0.05) is 26.3 Å². The van der Waals surface area contributed by atoms with Crippen LogP contribution in [-0.4, -0.2) is 40.9 Å². The summed E-state index contributed by atoms with van der Waals surface area (Å²) in [6, 6.07) is 0. The molecule has 0 aliphatic carbocycles. The first kappa shape index (κ1) is 12.2. The van der Waals surface area contributed by atoms with E-state index >= 15 is 0 Å². The first-order chi connectivity index (χ1) is 8.25. The molecule has 0 bridgehead atoms. The minimum Gasteiger partial charge on any atom is -0.394 e. The zero-order chi connectivity index (χ0) is 12.1. The molecule has 0 unspecified atom stereocenters. The molecule has 0 aromatic carbocycles. The van der Waals surface area contributed by atoms with Crippen LogP contribution in [0.1, 0.15) is 25.7 Å². The van der Waals surface area contributed by atoms with Gasteiger partial charge in [-0.25, -0.2) is 0 Å². The zero-order valence-electron chi connectivity index (χ0n) is 10.7. The van der Waals surface area contributed by atoms with Gasteiger partial charge in [-0.1, -0.05) is 12.8 Å². The lowest BCUT2D eigenvalue weighted by Crippen LogP contribution is -2.30. The number of nitrogen functional groups attached to an aromatic ring is 1. The monoisotopic (exact) mass is 237 g/mol. The van der Waals surface area contributed by atoms with Crippen LogP contribution in [0.5, 0.6) is 0 Å². The number of aryl methyl sites for hydroxylation is 1. The maximum Gasteiger partial charge on any atom is 0.171 e. The lowest BCUT2D eigenvalue weighted by molar-refractivity contribution is 0.296. The number of anilines is 2. The smallest absolute Gasteiger partial charge is 0.171 e. The fourth-order valence-corrected chi connectivity index (χ4v) is 2.34. The molecule has 5 nitrogen and oxygen atoms in total. The van der Waals surface area contributed by atoms with Crippen molar-refractivity contribution in [1.29, 1.82) is 0 Å². The third kappa shape index (κ3) is 3.63. The van der Waals surface area contributed by atoms with E-state index in [1.165, 1.54) is 38.8 Å². The van der Waals surface area contributed by atoms with Crippen molar-refractivity contribution in [3.8, 4) is 0 Å². The van der Waals surface area contributed by atoms with Crippen LogP contribution in [0.2, 0.25) is 0 Å². The van der Waals surface area contributed by atoms with Crippen LogP contribution in [0.4, 0.5) is 11.5 Å². The van der Waals surface area contributed by atoms with Crippen LogP contribution in [0.3, 0.4) is 0 Å². The molecule has 96 valence electrons. The Morgan fingerprint density at radius 3 is 2.59 bits per heavy atom. The molecule has 0 amide bonds. The third-order valence-corrected chi connectivity index (χ3v) is 3.28. The maximum atomic E-state index is 5.83. The van der Waals surface area contributed by atoms with Crippen LogP contribution in [0, 0.1) is 0 Å². The Balaban J connectivity index is 1.73. The van der Waals surface area contributed by atoms with Crippen LogP contribution in [0.15, 0.2) is 6.20 Å². The number of likely N-dealkylation sites (tertiary alicyclic amines) is 1. The Kier molecular flexibility index (Phi) is 4.25. The molecule has 17 heavy (non-hydrogen) atoms. The van der Waals surface area contributed by atoms with Crippen molar-refractivity contribution in [2.75, 3.05) is 37.2 Å². The van der Waals surface area contributed by atoms with Gasteiger partial charge >= 0.3 is 0 Å². The Labute approximate surface area is 103 Å². The molecule has 5 heteroatoms. The molecule has 1 aromatic heterocycles. The average Bonchev–Trinajstić information content (AvgIpc) is 2.54. The Morgan fingerprint density at radius 2 is 2.00 bits per heavy atom. The molecule has 2 heterocycles. The van der Waals surface area contributed by atoms with Crippen LogP contribution in [-0.2, 0) is 7.05 Å². The molecule has 1 aromatic rings. The SMILES string of the molecule is Cn1cc(N)c(NCCN2CCCCCC2)n1. The quantitative estimate of drug-likeness (QED) is 0.828. The number of nitrogens with one attached hydrogen (secondary N) is 1. The van der Waals surface area contributed by atoms with Gasteiger partial charge in [0.25, 0.3) is 0 Å². The van der Waals surface area contributed by atoms with Crippen molar-refractivity contribution in [3.63, 3.8) is 0 Å². The molecule has 3 N–H and O–H groups in total. The van der Waals surface area contributed by atoms with E-state index in [1.54, 1.807) is 4.68 Å². The third-order valence-electron chi connectivity index (χ3n) is 3.28. The van der Waals surface area contributed by atoms with E-state index in [0.717, 1.165) is 24.6 Å². The summed E-state index contributed by atoms with van der Waals surface area (Å²) in [5.41, 5.74) is 6.55. The largest absolute Gasteiger partial charge is 0.394 e. The fourth-order valence-electron chi connectivity index (χ4n) is 2.34. The minimum absolute atomic E-state index is 0.725. The highest BCUT2D eigenvalue weighted by Crippen LogP contribution is 2.14. The molecule has 2 rings (SSSR count). The van der Waals surface area contributed by atoms with Gasteiger partial charge < -0.3 is 16.0 Å². The molecule has 0 radical (unpaired) electrons. The van der Waals surface area contributed by atoms with E-state index in [4.69, 9.17) is 5.73 Å². The predicted octanol–water partition coefficient (Wildman–Crippen LogP) is 1.29. The van der Waals surface area contributed by atoms with Gasteiger partial charge in [0.1, 0.15) is 0 Å². The molecule has 1 aliphatic rings. The highest BCUT2D eigenvalue weighted by molar-refractivity contribution is 5.59. The number of hydrogen-bond acceptors (Lipinski definition) is 4. The predicted molar refractivity (Wildman–Crippen MR) is 71.0 cm³/mol. The topological polar surface area (TPSA) is 59.1 Å². The Morgan fingerprint density at radius 1 is 1.29 bits per heavy atom. The fraction of sp³-hybridized carbons (Fsp3) is 0.750. The second-order valence-electron chi connectivity index (χ2n) is 4.79. The molecule has 1 saturated heterocycles. The summed E-state index contributed by atoms with van der Waals surface area (Å²) in [6.45, 7) is 4.47. The van der Waals surface area contributed by atoms with Gasteiger partial charge in [0.05, 0.1) is 5.69 Å². The van der Waals surface area contributed by atoms with E-state index in [1.807, 2.05) is 13.2 Å². The molecule has 1 fully saturated rings. The molecular weight excluding hydrogens is 214 g/mol. The van der Waals surface area contributed by atoms with Crippen molar-refractivity contribution in [3.05, 3.63) is 6.20 Å². The first-order valence-electron chi connectivity index (χ1n) is 6.51. The van der Waals surface area contributed by atoms with Crippen LogP contribution >= 0.6 is 0 Å². The van der Waals surface area contributed by atoms with Crippen molar-refractivity contribution in [2.45, 2.75) is 25.7 Å². The lowest BCUT2D eigenvalue weighted by Gasteiger charge is -2.19. The second-order valence-corrected chi connectivity index (χ2v) is 4.79. The summed E-state index contributed by atoms with van der Waals surface area (Å²) in [7, 11) is 1.89. The number of nitrogens with two attached hydrogens (primary N) is 1. The van der Waals surface area contributed by atoms with Gasteiger partial charge in [-0.2, -0.15) is 5.10 Å². The van der Waals surface area contributed by atoms with Crippen LogP contribution < -0.4 is 11.1 Å². The van der Waals surface area contributed by atoms with Gasteiger partial charge in [-0.15, -0.1) is 0 Å². The van der Waals surface area contributed by atoms with E-state index in [2.05, 4.69) is 15.3 Å². The maximum absolute atomic E-state index is 5.83. The Bertz CT molecular complexity index is 339. The van der Waals surface area contributed by atoms with E-state index in [0.29, 0.717) is 0 Å². The van der Waals surface area contributed by atoms with Crippen molar-refractivity contribution in [1.82, 2.24) is 14.7 Å². The lowest BCUT2D eigenvalue weighted by atomic mass is 10.2. The zero-order valence-corrected chi connectivity index (χ0v) is 10.7. The number of hydrogen-bond donors (Lipinski definition) is 2. The molecule has 0 saturated carbocycles. The second kappa shape index (κ2) is 5.91. The Hall–Kier alpha value is -1.23. The van der Waals surface area contributed by atoms with Gasteiger partial charge in [0.2, 0.25) is 0 Å². The number of nitrogens with zero attached hydrogens (tertiary/aromatic N) is 3. The average molecular weight is 237 g/mol. The van der Waals surface area contributed by atoms with E-state index in [-0.39, 0.29) is 0 Å². The van der Waals surface area contributed by atoms with Gasteiger partial charge in [0.15, 0.2) is 5.82 Å². The van der Waals surface area contributed by atoms with Gasteiger partial charge in [-0.05, 0) is 25.9 Å². The molecule has 0 spiro atoms. The summed E-state index contributed by atoms with van der Waals surface area (Å²) in [5.74, 6) is 0.808. The number of rotatable bonds is 4. The summed E-state index contributed by atoms with van der Waals surface area (Å²) in [6.07, 6.45) is 7.28. The molecular formula is C12H23N5. The first-order valence-corrected chi connectivity index (χ1v) is 6.51. The van der Waals surface area contributed by atoms with Crippen LogP contribution in [0.25, 0.3) is 0 Å². The summed E-state index contributed by atoms with van der Waals surface area (Å²) < 4.78 is 1.74. The van der Waals surface area contributed by atoms with Crippen molar-refractivity contribution >= 4 is 11.5 Å². The summed E-state index contributed by atoms with van der Waals surface area (Å²) in [5, 5.41) is 7.58. The minimum atomic E-state index is 0.725. The standard InChI is InChI=1S/C12H23N5/c1-16-10-11(13)12(15-16)14-6-9-17-7-4-2-3-5-8-17/h10H,2-9,13H2,1H3,(H,14,15). The van der Waals surface area contributed by atoms with Crippen molar-refractivity contribution < 1.29 is 0 Å². The summed E-state index contributed by atoms with van der Waals surface area (Å²) >= 11 is 0. The highest BCUT2D eigenvalue weighted by Gasteiger charge is 2.09. The van der Waals surface area contributed by atoms with Gasteiger partial charge in [-0.3, -0.25) is 4.68 Å². The summed E-state index contributed by atoms with van der Waals surface area (Å²) in [4.78, 5) is 2.53. The normalized spacial score (nSPS) is 17.9. The number of aromatic nitrogens is 2. The highest BCUT2D eigenvalue weighted by atomic mass is 15.3.